The highest BCUT2D eigenvalue weighted by Crippen LogP contribution is 2.46. The Bertz CT molecular complexity index is 409. The Kier molecular flexibility index (Phi) is 3.83. The fourth-order valence-corrected chi connectivity index (χ4v) is 5.34. The molecule has 4 heteroatoms. The molecular weight excluding hydrogens is 268 g/mol. The molecule has 0 aromatic carbocycles. The summed E-state index contributed by atoms with van der Waals surface area (Å²) in [6.45, 7) is 6.94. The molecule has 1 N–H and O–H groups in total. The van der Waals surface area contributed by atoms with Gasteiger partial charge in [-0.1, -0.05) is 45.4 Å². The number of thioether (sulfide) groups is 1. The summed E-state index contributed by atoms with van der Waals surface area (Å²) in [5, 5.41) is 4.97. The van der Waals surface area contributed by atoms with Gasteiger partial charge in [0.25, 0.3) is 0 Å². The monoisotopic (exact) mass is 296 g/mol. The average Bonchev–Trinajstić information content (AvgIpc) is 2.76. The molecule has 1 spiro atoms. The van der Waals surface area contributed by atoms with E-state index in [1.807, 2.05) is 18.9 Å². The van der Waals surface area contributed by atoms with Gasteiger partial charge >= 0.3 is 0 Å². The standard InChI is InChI=1S/C16H28N2OS/c1-11-6-5-7-16(9-11)10-20-14(18-16)17-12-8-13(19-4)15(12,2)3/h11-13H,5-10H2,1-4H3,(H,17,18). The lowest BCUT2D eigenvalue weighted by Gasteiger charge is -2.49. The van der Waals surface area contributed by atoms with Crippen molar-refractivity contribution in [2.75, 3.05) is 12.9 Å². The number of nitrogens with zero attached hydrogens (tertiary/aromatic N) is 1. The molecule has 2 saturated carbocycles. The minimum Gasteiger partial charge on any atom is -0.381 e. The van der Waals surface area contributed by atoms with Crippen LogP contribution in [0.2, 0.25) is 0 Å². The highest BCUT2D eigenvalue weighted by molar-refractivity contribution is 8.14. The molecule has 1 aliphatic heterocycles. The van der Waals surface area contributed by atoms with Crippen LogP contribution in [-0.2, 0) is 4.74 Å². The quantitative estimate of drug-likeness (QED) is 0.847. The van der Waals surface area contributed by atoms with Gasteiger partial charge < -0.3 is 10.1 Å². The molecule has 3 fully saturated rings. The number of hydrogen-bond donors (Lipinski definition) is 1. The van der Waals surface area contributed by atoms with Crippen LogP contribution in [0.3, 0.4) is 0 Å². The molecule has 114 valence electrons. The Labute approximate surface area is 127 Å². The van der Waals surface area contributed by atoms with Crippen molar-refractivity contribution in [2.24, 2.45) is 16.3 Å². The first-order chi connectivity index (χ1) is 9.45. The first-order valence-electron chi connectivity index (χ1n) is 7.97. The zero-order chi connectivity index (χ0) is 14.4. The molecule has 0 aromatic rings. The smallest absolute Gasteiger partial charge is 0.157 e. The van der Waals surface area contributed by atoms with Gasteiger partial charge in [0, 0.05) is 23.8 Å². The summed E-state index contributed by atoms with van der Waals surface area (Å²) in [7, 11) is 1.82. The molecule has 1 heterocycles. The van der Waals surface area contributed by atoms with E-state index in [0.717, 1.165) is 12.3 Å². The molecule has 0 aromatic heterocycles. The third-order valence-corrected chi connectivity index (χ3v) is 6.81. The third-order valence-electron chi connectivity index (χ3n) is 5.63. The van der Waals surface area contributed by atoms with Crippen LogP contribution in [0.15, 0.2) is 4.99 Å². The molecule has 3 aliphatic rings. The normalized spacial score (nSPS) is 45.4. The van der Waals surface area contributed by atoms with Crippen LogP contribution in [0.5, 0.6) is 0 Å². The van der Waals surface area contributed by atoms with E-state index >= 15 is 0 Å². The predicted octanol–water partition coefficient (Wildman–Crippen LogP) is 3.44. The topological polar surface area (TPSA) is 33.6 Å². The Morgan fingerprint density at radius 2 is 2.20 bits per heavy atom. The fraction of sp³-hybridized carbons (Fsp3) is 0.938. The molecule has 0 amide bonds. The van der Waals surface area contributed by atoms with E-state index in [1.165, 1.54) is 36.6 Å². The van der Waals surface area contributed by atoms with Crippen molar-refractivity contribution < 1.29 is 4.74 Å². The van der Waals surface area contributed by atoms with Crippen LogP contribution in [0.1, 0.15) is 52.9 Å². The molecular formula is C16H28N2OS. The second-order valence-corrected chi connectivity index (χ2v) is 8.59. The minimum absolute atomic E-state index is 0.180. The maximum absolute atomic E-state index is 5.52. The van der Waals surface area contributed by atoms with E-state index in [9.17, 15) is 0 Å². The fourth-order valence-electron chi connectivity index (χ4n) is 4.10. The summed E-state index contributed by atoms with van der Waals surface area (Å²) < 4.78 is 5.52. The van der Waals surface area contributed by atoms with E-state index in [4.69, 9.17) is 9.73 Å². The predicted molar refractivity (Wildman–Crippen MR) is 86.4 cm³/mol. The first kappa shape index (κ1) is 14.7. The molecule has 0 bridgehead atoms. The number of amidine groups is 1. The van der Waals surface area contributed by atoms with Gasteiger partial charge in [-0.15, -0.1) is 0 Å². The number of nitrogens with one attached hydrogen (secondary N) is 1. The van der Waals surface area contributed by atoms with Crippen LogP contribution in [-0.4, -0.2) is 35.7 Å². The van der Waals surface area contributed by atoms with Gasteiger partial charge in [0.2, 0.25) is 0 Å². The minimum atomic E-state index is 0.180. The average molecular weight is 296 g/mol. The summed E-state index contributed by atoms with van der Waals surface area (Å²) in [4.78, 5) is 5.00. The Hall–Kier alpha value is -0.220. The molecule has 0 radical (unpaired) electrons. The van der Waals surface area contributed by atoms with Crippen molar-refractivity contribution in [1.82, 2.24) is 5.32 Å². The number of hydrogen-bond acceptors (Lipinski definition) is 3. The number of methoxy groups -OCH3 is 1. The SMILES string of the molecule is COC1CC(N=C2NC3(CCCC(C)C3)CS2)C1(C)C. The van der Waals surface area contributed by atoms with E-state index in [0.29, 0.717) is 17.7 Å². The van der Waals surface area contributed by atoms with Crippen LogP contribution in [0.25, 0.3) is 0 Å². The van der Waals surface area contributed by atoms with Crippen molar-refractivity contribution >= 4 is 16.9 Å². The second kappa shape index (κ2) is 5.20. The van der Waals surface area contributed by atoms with Crippen molar-refractivity contribution in [2.45, 2.75) is 70.6 Å². The third kappa shape index (κ3) is 2.50. The lowest BCUT2D eigenvalue weighted by Crippen LogP contribution is -2.54. The molecule has 20 heavy (non-hydrogen) atoms. The van der Waals surface area contributed by atoms with Crippen molar-refractivity contribution in [1.29, 1.82) is 0 Å². The Balaban J connectivity index is 1.64. The molecule has 3 nitrogen and oxygen atoms in total. The van der Waals surface area contributed by atoms with E-state index < -0.39 is 0 Å². The summed E-state index contributed by atoms with van der Waals surface area (Å²) in [6, 6.07) is 0.415. The summed E-state index contributed by atoms with van der Waals surface area (Å²) in [6.07, 6.45) is 6.82. The van der Waals surface area contributed by atoms with Gasteiger partial charge in [-0.2, -0.15) is 0 Å². The van der Waals surface area contributed by atoms with Crippen LogP contribution in [0.4, 0.5) is 0 Å². The Morgan fingerprint density at radius 3 is 2.85 bits per heavy atom. The van der Waals surface area contributed by atoms with Crippen LogP contribution in [0, 0.1) is 11.3 Å². The van der Waals surface area contributed by atoms with Crippen LogP contribution >= 0.6 is 11.8 Å². The lowest BCUT2D eigenvalue weighted by atomic mass is 9.65. The van der Waals surface area contributed by atoms with Crippen molar-refractivity contribution in [3.05, 3.63) is 0 Å². The van der Waals surface area contributed by atoms with E-state index in [-0.39, 0.29) is 5.41 Å². The van der Waals surface area contributed by atoms with Crippen molar-refractivity contribution in [3.63, 3.8) is 0 Å². The lowest BCUT2D eigenvalue weighted by molar-refractivity contribution is -0.0850. The summed E-state index contributed by atoms with van der Waals surface area (Å²) in [5.41, 5.74) is 0.523. The van der Waals surface area contributed by atoms with Gasteiger partial charge in [-0.25, -0.2) is 0 Å². The molecule has 2 aliphatic carbocycles. The number of rotatable bonds is 2. The first-order valence-corrected chi connectivity index (χ1v) is 8.95. The molecule has 4 unspecified atom stereocenters. The Morgan fingerprint density at radius 1 is 1.40 bits per heavy atom. The van der Waals surface area contributed by atoms with E-state index in [2.05, 4.69) is 26.1 Å². The van der Waals surface area contributed by atoms with Gasteiger partial charge in [0.1, 0.15) is 0 Å². The summed E-state index contributed by atoms with van der Waals surface area (Å²) >= 11 is 1.94. The highest BCUT2D eigenvalue weighted by atomic mass is 32.2. The summed E-state index contributed by atoms with van der Waals surface area (Å²) in [5.74, 6) is 2.06. The highest BCUT2D eigenvalue weighted by Gasteiger charge is 2.49. The maximum atomic E-state index is 5.52. The zero-order valence-corrected chi connectivity index (χ0v) is 14.1. The molecule has 4 atom stereocenters. The second-order valence-electron chi connectivity index (χ2n) is 7.63. The van der Waals surface area contributed by atoms with Gasteiger partial charge in [0.05, 0.1) is 12.1 Å². The van der Waals surface area contributed by atoms with E-state index in [1.54, 1.807) is 0 Å². The number of aliphatic imine (C=N–C) groups is 1. The van der Waals surface area contributed by atoms with Gasteiger partial charge in [-0.3, -0.25) is 4.99 Å². The maximum Gasteiger partial charge on any atom is 0.157 e. The van der Waals surface area contributed by atoms with Gasteiger partial charge in [-0.05, 0) is 25.2 Å². The van der Waals surface area contributed by atoms with Crippen LogP contribution < -0.4 is 5.32 Å². The number of ether oxygens (including phenoxy) is 1. The zero-order valence-electron chi connectivity index (χ0n) is 13.2. The van der Waals surface area contributed by atoms with Crippen molar-refractivity contribution in [3.8, 4) is 0 Å². The largest absolute Gasteiger partial charge is 0.381 e. The molecule has 3 rings (SSSR count). The molecule has 1 saturated heterocycles. The van der Waals surface area contributed by atoms with Gasteiger partial charge in [0.15, 0.2) is 5.17 Å².